The summed E-state index contributed by atoms with van der Waals surface area (Å²) in [4.78, 5) is 7.93. The lowest BCUT2D eigenvalue weighted by molar-refractivity contribution is 1.18. The molecule has 1 aromatic heterocycles. The van der Waals surface area contributed by atoms with Crippen molar-refractivity contribution in [3.05, 3.63) is 30.0 Å². The molecule has 0 aliphatic rings. The zero-order valence-corrected chi connectivity index (χ0v) is 8.54. The van der Waals surface area contributed by atoms with Crippen LogP contribution < -0.4 is 0 Å². The van der Waals surface area contributed by atoms with E-state index in [9.17, 15) is 0 Å². The molecule has 70 valence electrons. The summed E-state index contributed by atoms with van der Waals surface area (Å²) in [5.74, 6) is 0.653. The van der Waals surface area contributed by atoms with E-state index >= 15 is 0 Å². The first kappa shape index (κ1) is 11.6. The van der Waals surface area contributed by atoms with Gasteiger partial charge in [0, 0.05) is 11.3 Å². The molecule has 0 unspecified atom stereocenters. The van der Waals surface area contributed by atoms with Crippen LogP contribution in [0.15, 0.2) is 23.7 Å². The Morgan fingerprint density at radius 2 is 2.00 bits per heavy atom. The molecule has 0 radical (unpaired) electrons. The lowest BCUT2D eigenvalue weighted by atomic mass is 10.2. The van der Waals surface area contributed by atoms with Crippen molar-refractivity contribution in [2.75, 3.05) is 0 Å². The molecular formula is C11H16N2. The molecule has 0 spiro atoms. The van der Waals surface area contributed by atoms with Crippen molar-refractivity contribution in [2.45, 2.75) is 20.8 Å². The molecule has 0 amide bonds. The maximum atomic E-state index is 4.16. The third-order valence-corrected chi connectivity index (χ3v) is 1.41. The summed E-state index contributed by atoms with van der Waals surface area (Å²) >= 11 is 0. The van der Waals surface area contributed by atoms with Gasteiger partial charge >= 0.3 is 0 Å². The Bertz CT molecular complexity index is 290. The van der Waals surface area contributed by atoms with E-state index in [1.165, 1.54) is 0 Å². The third kappa shape index (κ3) is 3.20. The fourth-order valence-corrected chi connectivity index (χ4v) is 0.840. The molecule has 0 atom stereocenters. The molecule has 1 heterocycles. The Labute approximate surface area is 80.1 Å². The van der Waals surface area contributed by atoms with E-state index in [2.05, 4.69) is 23.3 Å². The molecule has 1 aromatic rings. The van der Waals surface area contributed by atoms with Crippen LogP contribution in [0.3, 0.4) is 0 Å². The van der Waals surface area contributed by atoms with Crippen LogP contribution in [0.1, 0.15) is 25.1 Å². The zero-order chi connectivity index (χ0) is 10.3. The first-order valence-electron chi connectivity index (χ1n) is 4.34. The summed E-state index contributed by atoms with van der Waals surface area (Å²) in [5, 5.41) is 0. The third-order valence-electron chi connectivity index (χ3n) is 1.41. The highest BCUT2D eigenvalue weighted by molar-refractivity contribution is 5.61. The predicted octanol–water partition coefficient (Wildman–Crippen LogP) is 3.39. The van der Waals surface area contributed by atoms with Crippen molar-refractivity contribution >= 4 is 18.6 Å². The predicted molar refractivity (Wildman–Crippen MR) is 59.6 cm³/mol. The number of pyridine rings is 1. The minimum absolute atomic E-state index is 0.653. The molecule has 0 saturated carbocycles. The van der Waals surface area contributed by atoms with Crippen LogP contribution in [0.5, 0.6) is 0 Å². The van der Waals surface area contributed by atoms with Gasteiger partial charge in [0.15, 0.2) is 5.82 Å². The van der Waals surface area contributed by atoms with Crippen LogP contribution in [-0.4, -0.2) is 11.7 Å². The molecule has 13 heavy (non-hydrogen) atoms. The van der Waals surface area contributed by atoms with Gasteiger partial charge in [-0.1, -0.05) is 26.5 Å². The van der Waals surface area contributed by atoms with Gasteiger partial charge in [-0.15, -0.1) is 0 Å². The number of hydrogen-bond acceptors (Lipinski definition) is 2. The first-order valence-corrected chi connectivity index (χ1v) is 4.34. The molecule has 2 nitrogen and oxygen atoms in total. The topological polar surface area (TPSA) is 25.2 Å². The number of aliphatic imine (C=N–C) groups is 1. The Hall–Kier alpha value is -1.44. The van der Waals surface area contributed by atoms with Crippen molar-refractivity contribution in [1.29, 1.82) is 0 Å². The lowest BCUT2D eigenvalue weighted by Crippen LogP contribution is -1.82. The van der Waals surface area contributed by atoms with Crippen LogP contribution in [-0.2, 0) is 0 Å². The Morgan fingerprint density at radius 1 is 1.38 bits per heavy atom. The largest absolute Gasteiger partial charge is 0.245 e. The van der Waals surface area contributed by atoms with Crippen LogP contribution in [0.4, 0.5) is 5.82 Å². The van der Waals surface area contributed by atoms with Crippen molar-refractivity contribution in [1.82, 2.24) is 4.98 Å². The summed E-state index contributed by atoms with van der Waals surface area (Å²) in [5.41, 5.74) is 1.86. The van der Waals surface area contributed by atoms with E-state index in [1.807, 2.05) is 32.9 Å². The van der Waals surface area contributed by atoms with Crippen molar-refractivity contribution in [2.24, 2.45) is 4.99 Å². The van der Waals surface area contributed by atoms with Gasteiger partial charge in [-0.2, -0.15) is 0 Å². The fraction of sp³-hybridized carbons (Fsp3) is 0.273. The van der Waals surface area contributed by atoms with Crippen LogP contribution in [0.2, 0.25) is 0 Å². The molecule has 0 saturated heterocycles. The summed E-state index contributed by atoms with van der Waals surface area (Å²) in [7, 11) is 0. The van der Waals surface area contributed by atoms with Crippen molar-refractivity contribution in [3.63, 3.8) is 0 Å². The second-order valence-electron chi connectivity index (χ2n) is 2.23. The zero-order valence-electron chi connectivity index (χ0n) is 8.54. The molecule has 2 heteroatoms. The SMILES string of the molecule is C=Cc1ccc(C)nc1N=C.CC. The van der Waals surface area contributed by atoms with E-state index < -0.39 is 0 Å². The quantitative estimate of drug-likeness (QED) is 0.634. The van der Waals surface area contributed by atoms with E-state index in [4.69, 9.17) is 0 Å². The average Bonchev–Trinajstić information content (AvgIpc) is 2.20. The fourth-order valence-electron chi connectivity index (χ4n) is 0.840. The number of rotatable bonds is 2. The highest BCUT2D eigenvalue weighted by Crippen LogP contribution is 2.16. The molecule has 0 fully saturated rings. The summed E-state index contributed by atoms with van der Waals surface area (Å²) < 4.78 is 0. The second-order valence-corrected chi connectivity index (χ2v) is 2.23. The van der Waals surface area contributed by atoms with Crippen LogP contribution >= 0.6 is 0 Å². The van der Waals surface area contributed by atoms with Gasteiger partial charge in [0.25, 0.3) is 0 Å². The molecule has 0 N–H and O–H groups in total. The Kier molecular flexibility index (Phi) is 5.44. The maximum Gasteiger partial charge on any atom is 0.158 e. The van der Waals surface area contributed by atoms with Gasteiger partial charge in [0.2, 0.25) is 0 Å². The van der Waals surface area contributed by atoms with Gasteiger partial charge in [-0.25, -0.2) is 9.98 Å². The summed E-state index contributed by atoms with van der Waals surface area (Å²) in [6.45, 7) is 13.0. The maximum absolute atomic E-state index is 4.16. The standard InChI is InChI=1S/C9H10N2.C2H6/c1-4-8-6-5-7(2)11-9(8)10-3;1-2/h4-6H,1,3H2,2H3;1-2H3. The van der Waals surface area contributed by atoms with Gasteiger partial charge in [0.05, 0.1) is 0 Å². The first-order chi connectivity index (χ1) is 6.27. The molecule has 1 rings (SSSR count). The Balaban J connectivity index is 0.000000671. The van der Waals surface area contributed by atoms with E-state index in [1.54, 1.807) is 6.08 Å². The highest BCUT2D eigenvalue weighted by atomic mass is 14.9. The number of hydrogen-bond donors (Lipinski definition) is 0. The Morgan fingerprint density at radius 3 is 2.46 bits per heavy atom. The minimum Gasteiger partial charge on any atom is -0.245 e. The molecule has 0 aromatic carbocycles. The van der Waals surface area contributed by atoms with Crippen LogP contribution in [0, 0.1) is 6.92 Å². The normalized spacial score (nSPS) is 8.23. The summed E-state index contributed by atoms with van der Waals surface area (Å²) in [6, 6.07) is 3.85. The van der Waals surface area contributed by atoms with E-state index in [0.29, 0.717) is 5.82 Å². The number of nitrogens with zero attached hydrogens (tertiary/aromatic N) is 2. The molecule has 0 aliphatic heterocycles. The second kappa shape index (κ2) is 6.12. The van der Waals surface area contributed by atoms with Crippen molar-refractivity contribution in [3.8, 4) is 0 Å². The molecule has 0 aliphatic carbocycles. The van der Waals surface area contributed by atoms with Crippen molar-refractivity contribution < 1.29 is 0 Å². The van der Waals surface area contributed by atoms with E-state index in [-0.39, 0.29) is 0 Å². The summed E-state index contributed by atoms with van der Waals surface area (Å²) in [6.07, 6.45) is 1.72. The number of aryl methyl sites for hydroxylation is 1. The van der Waals surface area contributed by atoms with Gasteiger partial charge in [-0.3, -0.25) is 0 Å². The minimum atomic E-state index is 0.653. The van der Waals surface area contributed by atoms with Gasteiger partial charge in [-0.05, 0) is 25.8 Å². The number of aromatic nitrogens is 1. The van der Waals surface area contributed by atoms with Gasteiger partial charge < -0.3 is 0 Å². The molecule has 0 bridgehead atoms. The molecular weight excluding hydrogens is 160 g/mol. The van der Waals surface area contributed by atoms with E-state index in [0.717, 1.165) is 11.3 Å². The van der Waals surface area contributed by atoms with Gasteiger partial charge in [0.1, 0.15) is 0 Å². The van der Waals surface area contributed by atoms with Crippen LogP contribution in [0.25, 0.3) is 6.08 Å². The monoisotopic (exact) mass is 176 g/mol. The highest BCUT2D eigenvalue weighted by Gasteiger charge is 1.96. The average molecular weight is 176 g/mol. The lowest BCUT2D eigenvalue weighted by Gasteiger charge is -1.98. The smallest absolute Gasteiger partial charge is 0.158 e.